The van der Waals surface area contributed by atoms with E-state index < -0.39 is 28.7 Å². The molecule has 1 amide bonds. The molecule has 0 aliphatic rings. The van der Waals surface area contributed by atoms with Gasteiger partial charge in [0.1, 0.15) is 17.2 Å². The van der Waals surface area contributed by atoms with Gasteiger partial charge in [-0.1, -0.05) is 6.07 Å². The van der Waals surface area contributed by atoms with Crippen molar-refractivity contribution in [2.24, 2.45) is 0 Å². The Balaban J connectivity index is 2.66. The number of benzene rings is 1. The maximum absolute atomic E-state index is 13.3. The van der Waals surface area contributed by atoms with E-state index in [1.807, 2.05) is 0 Å². The van der Waals surface area contributed by atoms with Crippen LogP contribution in [0.2, 0.25) is 0 Å². The van der Waals surface area contributed by atoms with Crippen LogP contribution in [0.15, 0.2) is 18.2 Å². The van der Waals surface area contributed by atoms with Gasteiger partial charge in [0.25, 0.3) is 5.91 Å². The van der Waals surface area contributed by atoms with E-state index in [-0.39, 0.29) is 6.54 Å². The van der Waals surface area contributed by atoms with Gasteiger partial charge in [0.05, 0.1) is 5.60 Å². The first-order valence-corrected chi connectivity index (χ1v) is 5.81. The van der Waals surface area contributed by atoms with E-state index in [2.05, 4.69) is 5.32 Å². The Labute approximate surface area is 110 Å². The van der Waals surface area contributed by atoms with Crippen molar-refractivity contribution in [2.75, 3.05) is 20.3 Å². The van der Waals surface area contributed by atoms with Crippen molar-refractivity contribution in [3.05, 3.63) is 35.4 Å². The van der Waals surface area contributed by atoms with Crippen LogP contribution in [0.4, 0.5) is 8.78 Å². The zero-order chi connectivity index (χ0) is 14.5. The second kappa shape index (κ2) is 6.58. The number of aliphatic hydroxyl groups is 1. The molecule has 4 nitrogen and oxygen atoms in total. The van der Waals surface area contributed by atoms with Crippen molar-refractivity contribution < 1.29 is 23.4 Å². The molecule has 0 heterocycles. The van der Waals surface area contributed by atoms with Gasteiger partial charge in [-0.15, -0.1) is 0 Å². The maximum Gasteiger partial charge on any atom is 0.257 e. The smallest absolute Gasteiger partial charge is 0.257 e. The largest absolute Gasteiger partial charge is 0.388 e. The standard InChI is InChI=1S/C13H17F2NO3/c1-13(18,6-7-19-2)8-16-12(17)11-9(14)4-3-5-10(11)15/h3-5,18H,6-8H2,1-2H3,(H,16,17). The summed E-state index contributed by atoms with van der Waals surface area (Å²) in [7, 11) is 1.49. The van der Waals surface area contributed by atoms with E-state index in [0.717, 1.165) is 12.1 Å². The summed E-state index contributed by atoms with van der Waals surface area (Å²) in [5.74, 6) is -2.77. The molecule has 0 aliphatic heterocycles. The van der Waals surface area contributed by atoms with E-state index in [9.17, 15) is 18.7 Å². The van der Waals surface area contributed by atoms with Crippen LogP contribution in [0.3, 0.4) is 0 Å². The lowest BCUT2D eigenvalue weighted by atomic mass is 10.0. The maximum atomic E-state index is 13.3. The Morgan fingerprint density at radius 3 is 2.53 bits per heavy atom. The van der Waals surface area contributed by atoms with Crippen LogP contribution >= 0.6 is 0 Å². The Morgan fingerprint density at radius 2 is 2.00 bits per heavy atom. The van der Waals surface area contributed by atoms with E-state index in [1.165, 1.54) is 20.1 Å². The molecule has 0 fully saturated rings. The first kappa shape index (κ1) is 15.5. The number of methoxy groups -OCH3 is 1. The number of nitrogens with one attached hydrogen (secondary N) is 1. The Hall–Kier alpha value is -1.53. The molecule has 1 aromatic rings. The normalized spacial score (nSPS) is 13.9. The third kappa shape index (κ3) is 4.57. The average molecular weight is 273 g/mol. The van der Waals surface area contributed by atoms with Gasteiger partial charge >= 0.3 is 0 Å². The highest BCUT2D eigenvalue weighted by Crippen LogP contribution is 2.13. The third-order valence-corrected chi connectivity index (χ3v) is 2.66. The lowest BCUT2D eigenvalue weighted by Gasteiger charge is -2.23. The molecule has 1 rings (SSSR count). The van der Waals surface area contributed by atoms with Gasteiger partial charge in [-0.2, -0.15) is 0 Å². The van der Waals surface area contributed by atoms with E-state index in [1.54, 1.807) is 0 Å². The number of carbonyl (C=O) groups excluding carboxylic acids is 1. The van der Waals surface area contributed by atoms with Gasteiger partial charge in [-0.25, -0.2) is 8.78 Å². The molecular weight excluding hydrogens is 256 g/mol. The van der Waals surface area contributed by atoms with Crippen molar-refractivity contribution >= 4 is 5.91 Å². The first-order valence-electron chi connectivity index (χ1n) is 5.81. The summed E-state index contributed by atoms with van der Waals surface area (Å²) in [5.41, 5.74) is -1.85. The quantitative estimate of drug-likeness (QED) is 0.825. The van der Waals surface area contributed by atoms with Crippen LogP contribution in [-0.4, -0.2) is 36.9 Å². The van der Waals surface area contributed by atoms with Gasteiger partial charge in [0.15, 0.2) is 0 Å². The molecule has 1 atom stereocenters. The van der Waals surface area contributed by atoms with Gasteiger partial charge in [0.2, 0.25) is 0 Å². The first-order chi connectivity index (χ1) is 8.87. The Morgan fingerprint density at radius 1 is 1.42 bits per heavy atom. The van der Waals surface area contributed by atoms with Crippen molar-refractivity contribution in [1.29, 1.82) is 0 Å². The topological polar surface area (TPSA) is 58.6 Å². The molecule has 0 spiro atoms. The highest BCUT2D eigenvalue weighted by atomic mass is 19.1. The Kier molecular flexibility index (Phi) is 5.38. The fraction of sp³-hybridized carbons (Fsp3) is 0.462. The van der Waals surface area contributed by atoms with Gasteiger partial charge < -0.3 is 15.2 Å². The fourth-order valence-corrected chi connectivity index (χ4v) is 1.48. The molecular formula is C13H17F2NO3. The highest BCUT2D eigenvalue weighted by molar-refractivity contribution is 5.94. The summed E-state index contributed by atoms with van der Waals surface area (Å²) in [6, 6.07) is 3.18. The molecule has 106 valence electrons. The zero-order valence-electron chi connectivity index (χ0n) is 10.9. The van der Waals surface area contributed by atoms with Crippen LogP contribution in [0.5, 0.6) is 0 Å². The van der Waals surface area contributed by atoms with Gasteiger partial charge in [-0.3, -0.25) is 4.79 Å². The van der Waals surface area contributed by atoms with Crippen molar-refractivity contribution in [3.63, 3.8) is 0 Å². The van der Waals surface area contributed by atoms with Crippen LogP contribution in [-0.2, 0) is 4.74 Å². The van der Waals surface area contributed by atoms with E-state index in [0.29, 0.717) is 13.0 Å². The number of rotatable bonds is 6. The number of hydrogen-bond donors (Lipinski definition) is 2. The van der Waals surface area contributed by atoms with Gasteiger partial charge in [0, 0.05) is 26.7 Å². The van der Waals surface area contributed by atoms with Crippen molar-refractivity contribution in [2.45, 2.75) is 18.9 Å². The SMILES string of the molecule is COCCC(C)(O)CNC(=O)c1c(F)cccc1F. The number of hydrogen-bond acceptors (Lipinski definition) is 3. The molecule has 0 radical (unpaired) electrons. The molecule has 0 saturated heterocycles. The minimum absolute atomic E-state index is 0.122. The average Bonchev–Trinajstić information content (AvgIpc) is 2.34. The van der Waals surface area contributed by atoms with Crippen LogP contribution in [0, 0.1) is 11.6 Å². The fourth-order valence-electron chi connectivity index (χ4n) is 1.48. The van der Waals surface area contributed by atoms with E-state index in [4.69, 9.17) is 4.74 Å². The highest BCUT2D eigenvalue weighted by Gasteiger charge is 2.23. The van der Waals surface area contributed by atoms with E-state index >= 15 is 0 Å². The van der Waals surface area contributed by atoms with Gasteiger partial charge in [-0.05, 0) is 19.1 Å². The lowest BCUT2D eigenvalue weighted by molar-refractivity contribution is 0.0242. The molecule has 19 heavy (non-hydrogen) atoms. The van der Waals surface area contributed by atoms with Crippen LogP contribution < -0.4 is 5.32 Å². The minimum Gasteiger partial charge on any atom is -0.388 e. The van der Waals surface area contributed by atoms with Crippen molar-refractivity contribution in [1.82, 2.24) is 5.32 Å². The molecule has 6 heteroatoms. The molecule has 0 bridgehead atoms. The van der Waals surface area contributed by atoms with Crippen LogP contribution in [0.25, 0.3) is 0 Å². The number of carbonyl (C=O) groups is 1. The predicted molar refractivity (Wildman–Crippen MR) is 65.8 cm³/mol. The molecule has 0 aliphatic carbocycles. The molecule has 0 saturated carbocycles. The third-order valence-electron chi connectivity index (χ3n) is 2.66. The predicted octanol–water partition coefficient (Wildman–Crippen LogP) is 1.48. The molecule has 1 aromatic carbocycles. The number of amides is 1. The van der Waals surface area contributed by atoms with Crippen molar-refractivity contribution in [3.8, 4) is 0 Å². The van der Waals surface area contributed by atoms with Crippen LogP contribution in [0.1, 0.15) is 23.7 Å². The molecule has 0 aromatic heterocycles. The lowest BCUT2D eigenvalue weighted by Crippen LogP contribution is -2.41. The number of ether oxygens (including phenoxy) is 1. The summed E-state index contributed by atoms with van der Waals surface area (Å²) < 4.78 is 31.5. The summed E-state index contributed by atoms with van der Waals surface area (Å²) >= 11 is 0. The summed E-state index contributed by atoms with van der Waals surface area (Å²) in [5, 5.41) is 12.2. The molecule has 2 N–H and O–H groups in total. The zero-order valence-corrected chi connectivity index (χ0v) is 10.9. The second-order valence-electron chi connectivity index (χ2n) is 4.52. The number of halogens is 2. The Bertz CT molecular complexity index is 429. The second-order valence-corrected chi connectivity index (χ2v) is 4.52. The minimum atomic E-state index is -1.20. The summed E-state index contributed by atoms with van der Waals surface area (Å²) in [6.07, 6.45) is 0.295. The summed E-state index contributed by atoms with van der Waals surface area (Å²) in [6.45, 7) is 1.70. The monoisotopic (exact) mass is 273 g/mol. The molecule has 1 unspecified atom stereocenters. The summed E-state index contributed by atoms with van der Waals surface area (Å²) in [4.78, 5) is 11.7.